The smallest absolute Gasteiger partial charge is 0.267 e. The number of nitrogens with two attached hydrogens (primary N) is 1. The summed E-state index contributed by atoms with van der Waals surface area (Å²) in [5.41, 5.74) is 6.44. The van der Waals surface area contributed by atoms with Gasteiger partial charge in [-0.05, 0) is 31.4 Å². The highest BCUT2D eigenvalue weighted by molar-refractivity contribution is 5.91. The quantitative estimate of drug-likeness (QED) is 0.884. The molecule has 0 spiro atoms. The van der Waals surface area contributed by atoms with Crippen LogP contribution in [0.25, 0.3) is 0 Å². The number of hydrogen-bond donors (Lipinski definition) is 1. The Bertz CT molecular complexity index is 554. The fourth-order valence-corrected chi connectivity index (χ4v) is 3.14. The molecule has 1 atom stereocenters. The molecule has 1 unspecified atom stereocenters. The molecule has 2 aliphatic heterocycles. The lowest BCUT2D eigenvalue weighted by Gasteiger charge is -2.21. The van der Waals surface area contributed by atoms with E-state index in [9.17, 15) is 9.59 Å². The average Bonchev–Trinajstić information content (AvgIpc) is 3.18. The van der Waals surface area contributed by atoms with Crippen LogP contribution in [0.5, 0.6) is 0 Å². The van der Waals surface area contributed by atoms with Crippen molar-refractivity contribution >= 4 is 17.5 Å². The summed E-state index contributed by atoms with van der Waals surface area (Å²) in [4.78, 5) is 31.7. The maximum absolute atomic E-state index is 12.4. The summed E-state index contributed by atoms with van der Waals surface area (Å²) in [7, 11) is 0. The van der Waals surface area contributed by atoms with Crippen molar-refractivity contribution < 1.29 is 9.59 Å². The number of likely N-dealkylation sites (tertiary alicyclic amines) is 1. The van der Waals surface area contributed by atoms with Gasteiger partial charge >= 0.3 is 0 Å². The number of carbonyl (C=O) groups is 2. The van der Waals surface area contributed by atoms with Gasteiger partial charge in [-0.15, -0.1) is 0 Å². The zero-order valence-corrected chi connectivity index (χ0v) is 12.0. The van der Waals surface area contributed by atoms with Crippen LogP contribution in [-0.4, -0.2) is 47.9 Å². The Kier molecular flexibility index (Phi) is 3.77. The van der Waals surface area contributed by atoms with E-state index >= 15 is 0 Å². The number of aromatic nitrogens is 1. The third-order valence-corrected chi connectivity index (χ3v) is 4.32. The van der Waals surface area contributed by atoms with Crippen LogP contribution in [0.15, 0.2) is 18.3 Å². The molecule has 6 nitrogen and oxygen atoms in total. The molecule has 3 heterocycles. The SMILES string of the molecule is NC(=O)c1cc(N2CCC(C(=O)N3CCCC3)C2)ccn1. The summed E-state index contributed by atoms with van der Waals surface area (Å²) in [6, 6.07) is 3.56. The Hall–Kier alpha value is -2.11. The molecule has 1 aromatic rings. The Morgan fingerprint density at radius 2 is 2.00 bits per heavy atom. The molecular weight excluding hydrogens is 268 g/mol. The second-order valence-corrected chi connectivity index (χ2v) is 5.73. The van der Waals surface area contributed by atoms with Gasteiger partial charge in [0.15, 0.2) is 0 Å². The highest BCUT2D eigenvalue weighted by atomic mass is 16.2. The molecule has 21 heavy (non-hydrogen) atoms. The van der Waals surface area contributed by atoms with Crippen molar-refractivity contribution in [1.29, 1.82) is 0 Å². The van der Waals surface area contributed by atoms with E-state index in [0.717, 1.165) is 44.6 Å². The minimum Gasteiger partial charge on any atom is -0.371 e. The molecule has 0 saturated carbocycles. The number of amides is 2. The zero-order valence-electron chi connectivity index (χ0n) is 12.0. The predicted octanol–water partition coefficient (Wildman–Crippen LogP) is 0.629. The van der Waals surface area contributed by atoms with E-state index in [-0.39, 0.29) is 17.5 Å². The zero-order chi connectivity index (χ0) is 14.8. The molecule has 0 aliphatic carbocycles. The van der Waals surface area contributed by atoms with Gasteiger partial charge in [-0.25, -0.2) is 0 Å². The van der Waals surface area contributed by atoms with Crippen molar-refractivity contribution in [2.24, 2.45) is 11.7 Å². The molecule has 1 aromatic heterocycles. The topological polar surface area (TPSA) is 79.5 Å². The number of hydrogen-bond acceptors (Lipinski definition) is 4. The summed E-state index contributed by atoms with van der Waals surface area (Å²) >= 11 is 0. The summed E-state index contributed by atoms with van der Waals surface area (Å²) in [5.74, 6) is -0.187. The summed E-state index contributed by atoms with van der Waals surface area (Å²) < 4.78 is 0. The van der Waals surface area contributed by atoms with Gasteiger partial charge in [0.2, 0.25) is 5.91 Å². The van der Waals surface area contributed by atoms with E-state index in [1.54, 1.807) is 12.3 Å². The Morgan fingerprint density at radius 1 is 1.24 bits per heavy atom. The van der Waals surface area contributed by atoms with Gasteiger partial charge in [0.25, 0.3) is 5.91 Å². The number of nitrogens with zero attached hydrogens (tertiary/aromatic N) is 3. The molecule has 3 rings (SSSR count). The Labute approximate surface area is 123 Å². The molecule has 2 amide bonds. The molecular formula is C15H20N4O2. The summed E-state index contributed by atoms with van der Waals surface area (Å²) in [5, 5.41) is 0. The van der Waals surface area contributed by atoms with Crippen molar-refractivity contribution in [3.8, 4) is 0 Å². The molecule has 0 radical (unpaired) electrons. The molecule has 6 heteroatoms. The summed E-state index contributed by atoms with van der Waals surface area (Å²) in [6.07, 6.45) is 4.69. The molecule has 2 saturated heterocycles. The van der Waals surface area contributed by atoms with Gasteiger partial charge in [-0.3, -0.25) is 14.6 Å². The highest BCUT2D eigenvalue weighted by Crippen LogP contribution is 2.26. The van der Waals surface area contributed by atoms with Crippen LogP contribution < -0.4 is 10.6 Å². The number of anilines is 1. The monoisotopic (exact) mass is 288 g/mol. The van der Waals surface area contributed by atoms with Gasteiger partial charge < -0.3 is 15.5 Å². The van der Waals surface area contributed by atoms with Gasteiger partial charge in [-0.1, -0.05) is 0 Å². The number of primary amides is 1. The van der Waals surface area contributed by atoms with Crippen LogP contribution in [-0.2, 0) is 4.79 Å². The number of pyridine rings is 1. The first-order chi connectivity index (χ1) is 10.1. The first-order valence-electron chi connectivity index (χ1n) is 7.45. The standard InChI is InChI=1S/C15H20N4O2/c16-14(20)13-9-12(3-5-17-13)19-8-4-11(10-19)15(21)18-6-1-2-7-18/h3,5,9,11H,1-2,4,6-8,10H2,(H2,16,20). The van der Waals surface area contributed by atoms with E-state index in [2.05, 4.69) is 9.88 Å². The molecule has 112 valence electrons. The maximum Gasteiger partial charge on any atom is 0.267 e. The van der Waals surface area contributed by atoms with Gasteiger partial charge in [0.1, 0.15) is 5.69 Å². The van der Waals surface area contributed by atoms with Crippen molar-refractivity contribution in [1.82, 2.24) is 9.88 Å². The lowest BCUT2D eigenvalue weighted by molar-refractivity contribution is -0.133. The van der Waals surface area contributed by atoms with Crippen molar-refractivity contribution in [2.75, 3.05) is 31.1 Å². The van der Waals surface area contributed by atoms with Crippen LogP contribution in [0, 0.1) is 5.92 Å². The fraction of sp³-hybridized carbons (Fsp3) is 0.533. The van der Waals surface area contributed by atoms with Crippen LogP contribution in [0.3, 0.4) is 0 Å². The Balaban J connectivity index is 1.67. The largest absolute Gasteiger partial charge is 0.371 e. The first kappa shape index (κ1) is 13.9. The lowest BCUT2D eigenvalue weighted by Crippen LogP contribution is -2.35. The molecule has 2 N–H and O–H groups in total. The number of carbonyl (C=O) groups excluding carboxylic acids is 2. The van der Waals surface area contributed by atoms with E-state index in [0.29, 0.717) is 6.54 Å². The first-order valence-corrected chi connectivity index (χ1v) is 7.45. The second-order valence-electron chi connectivity index (χ2n) is 5.73. The minimum absolute atomic E-state index is 0.0632. The average molecular weight is 288 g/mol. The summed E-state index contributed by atoms with van der Waals surface area (Å²) in [6.45, 7) is 3.33. The van der Waals surface area contributed by atoms with Gasteiger partial charge in [-0.2, -0.15) is 0 Å². The van der Waals surface area contributed by atoms with Crippen molar-refractivity contribution in [2.45, 2.75) is 19.3 Å². The van der Waals surface area contributed by atoms with Gasteiger partial charge in [0.05, 0.1) is 5.92 Å². The molecule has 0 aromatic carbocycles. The third kappa shape index (κ3) is 2.84. The van der Waals surface area contributed by atoms with Crippen LogP contribution in [0.4, 0.5) is 5.69 Å². The van der Waals surface area contributed by atoms with Crippen molar-refractivity contribution in [3.63, 3.8) is 0 Å². The lowest BCUT2D eigenvalue weighted by atomic mass is 10.1. The highest BCUT2D eigenvalue weighted by Gasteiger charge is 2.32. The van der Waals surface area contributed by atoms with Crippen LogP contribution in [0.1, 0.15) is 29.8 Å². The van der Waals surface area contributed by atoms with Crippen molar-refractivity contribution in [3.05, 3.63) is 24.0 Å². The predicted molar refractivity (Wildman–Crippen MR) is 78.9 cm³/mol. The fourth-order valence-electron chi connectivity index (χ4n) is 3.14. The third-order valence-electron chi connectivity index (χ3n) is 4.32. The second kappa shape index (κ2) is 5.71. The van der Waals surface area contributed by atoms with Crippen LogP contribution >= 0.6 is 0 Å². The maximum atomic E-state index is 12.4. The Morgan fingerprint density at radius 3 is 2.71 bits per heavy atom. The van der Waals surface area contributed by atoms with E-state index in [1.807, 2.05) is 11.0 Å². The molecule has 2 aliphatic rings. The molecule has 2 fully saturated rings. The van der Waals surface area contributed by atoms with E-state index < -0.39 is 5.91 Å². The number of rotatable bonds is 3. The normalized spacial score (nSPS) is 21.8. The minimum atomic E-state index is -0.527. The van der Waals surface area contributed by atoms with E-state index in [1.165, 1.54) is 0 Å². The van der Waals surface area contributed by atoms with E-state index in [4.69, 9.17) is 5.73 Å². The molecule has 0 bridgehead atoms. The van der Waals surface area contributed by atoms with Crippen LogP contribution in [0.2, 0.25) is 0 Å². The van der Waals surface area contributed by atoms with Gasteiger partial charge in [0, 0.05) is 38.1 Å².